The molecule has 2 heterocycles. The first-order valence-corrected chi connectivity index (χ1v) is 10.2. The average Bonchev–Trinajstić information content (AvgIpc) is 3.39. The molecule has 0 aliphatic carbocycles. The van der Waals surface area contributed by atoms with Crippen LogP contribution in [0.25, 0.3) is 10.2 Å². The number of hydrogen-bond acceptors (Lipinski definition) is 6. The zero-order chi connectivity index (χ0) is 21.2. The number of nitrogens with zero attached hydrogens (tertiary/aromatic N) is 1. The summed E-state index contributed by atoms with van der Waals surface area (Å²) in [6.07, 6.45) is 0. The minimum Gasteiger partial charge on any atom is -0.454 e. The summed E-state index contributed by atoms with van der Waals surface area (Å²) in [5.41, 5.74) is 2.40. The quantitative estimate of drug-likeness (QED) is 0.425. The molecular weight excluding hydrogens is 416 g/mol. The van der Waals surface area contributed by atoms with Gasteiger partial charge in [-0.3, -0.25) is 10.1 Å². The molecule has 0 atom stereocenters. The molecule has 0 fully saturated rings. The molecule has 3 aromatic carbocycles. The molecule has 1 aliphatic rings. The van der Waals surface area contributed by atoms with Crippen LogP contribution < -0.4 is 25.4 Å². The molecule has 0 unspecified atom stereocenters. The van der Waals surface area contributed by atoms with E-state index in [1.165, 1.54) is 11.3 Å². The smallest absolute Gasteiger partial charge is 0.323 e. The third kappa shape index (κ3) is 4.12. The Balaban J connectivity index is 1.26. The molecule has 3 amide bonds. The summed E-state index contributed by atoms with van der Waals surface area (Å²) in [5, 5.41) is 8.84. The number of carbonyl (C=O) groups is 2. The first-order valence-electron chi connectivity index (χ1n) is 9.39. The Bertz CT molecular complexity index is 1290. The Labute approximate surface area is 180 Å². The minimum atomic E-state index is -0.397. The lowest BCUT2D eigenvalue weighted by molar-refractivity contribution is 0.102. The first kappa shape index (κ1) is 18.9. The summed E-state index contributed by atoms with van der Waals surface area (Å²) < 4.78 is 11.5. The monoisotopic (exact) mass is 432 g/mol. The van der Waals surface area contributed by atoms with E-state index in [0.29, 0.717) is 39.1 Å². The highest BCUT2D eigenvalue weighted by atomic mass is 32.1. The molecule has 31 heavy (non-hydrogen) atoms. The number of ether oxygens (including phenoxy) is 2. The summed E-state index contributed by atoms with van der Waals surface area (Å²) in [7, 11) is 0. The van der Waals surface area contributed by atoms with Crippen LogP contribution in [-0.2, 0) is 0 Å². The van der Waals surface area contributed by atoms with E-state index in [2.05, 4.69) is 20.9 Å². The van der Waals surface area contributed by atoms with Crippen LogP contribution in [0.4, 0.5) is 21.3 Å². The van der Waals surface area contributed by atoms with Crippen LogP contribution in [0.5, 0.6) is 11.5 Å². The maximum absolute atomic E-state index is 12.4. The van der Waals surface area contributed by atoms with Crippen LogP contribution in [0.15, 0.2) is 66.7 Å². The van der Waals surface area contributed by atoms with Gasteiger partial charge in [0.2, 0.25) is 6.79 Å². The van der Waals surface area contributed by atoms with Crippen LogP contribution in [0.1, 0.15) is 10.4 Å². The van der Waals surface area contributed by atoms with Gasteiger partial charge in [-0.2, -0.15) is 0 Å². The molecule has 1 aromatic heterocycles. The number of amides is 3. The first-order chi connectivity index (χ1) is 15.1. The normalized spacial score (nSPS) is 11.9. The van der Waals surface area contributed by atoms with Gasteiger partial charge in [0.1, 0.15) is 0 Å². The van der Waals surface area contributed by atoms with Crippen LogP contribution in [0.2, 0.25) is 0 Å². The molecule has 154 valence electrons. The van der Waals surface area contributed by atoms with Crippen molar-refractivity contribution >= 4 is 50.0 Å². The SMILES string of the molecule is O=C(Nc1ccc2c(c1)OCO2)Nc1ccc2sc(NC(=O)c3ccccc3)nc2c1. The molecule has 5 rings (SSSR count). The standard InChI is InChI=1S/C22H16N4O4S/c27-20(13-4-2-1-3-5-13)26-22-25-16-10-14(7-9-19(16)31-22)23-21(28)24-15-6-8-17-18(11-15)30-12-29-17/h1-11H,12H2,(H2,23,24,28)(H,25,26,27). The largest absolute Gasteiger partial charge is 0.454 e. The fourth-order valence-corrected chi connectivity index (χ4v) is 3.93. The average molecular weight is 432 g/mol. The van der Waals surface area contributed by atoms with Gasteiger partial charge < -0.3 is 20.1 Å². The maximum Gasteiger partial charge on any atom is 0.323 e. The van der Waals surface area contributed by atoms with E-state index >= 15 is 0 Å². The second-order valence-electron chi connectivity index (χ2n) is 6.67. The number of nitrogens with one attached hydrogen (secondary N) is 3. The Morgan fingerprint density at radius 1 is 0.839 bits per heavy atom. The third-order valence-corrected chi connectivity index (χ3v) is 5.48. The van der Waals surface area contributed by atoms with Crippen LogP contribution in [0, 0.1) is 0 Å². The van der Waals surface area contributed by atoms with Crippen molar-refractivity contribution in [2.75, 3.05) is 22.7 Å². The maximum atomic E-state index is 12.4. The van der Waals surface area contributed by atoms with E-state index in [-0.39, 0.29) is 12.7 Å². The molecule has 9 heteroatoms. The van der Waals surface area contributed by atoms with Gasteiger partial charge in [-0.1, -0.05) is 29.5 Å². The van der Waals surface area contributed by atoms with E-state index in [1.54, 1.807) is 54.6 Å². The molecule has 0 spiro atoms. The second kappa shape index (κ2) is 7.96. The van der Waals surface area contributed by atoms with E-state index in [0.717, 1.165) is 4.70 Å². The molecule has 0 radical (unpaired) electrons. The van der Waals surface area contributed by atoms with Crippen LogP contribution >= 0.6 is 11.3 Å². The number of aromatic nitrogens is 1. The summed E-state index contributed by atoms with van der Waals surface area (Å²) in [6.45, 7) is 0.173. The third-order valence-electron chi connectivity index (χ3n) is 4.53. The van der Waals surface area contributed by atoms with E-state index < -0.39 is 6.03 Å². The molecular formula is C22H16N4O4S. The van der Waals surface area contributed by atoms with Crippen molar-refractivity contribution in [1.82, 2.24) is 4.98 Å². The van der Waals surface area contributed by atoms with Crippen LogP contribution in [-0.4, -0.2) is 23.7 Å². The fraction of sp³-hybridized carbons (Fsp3) is 0.0455. The van der Waals surface area contributed by atoms with E-state index in [1.807, 2.05) is 12.1 Å². The van der Waals surface area contributed by atoms with Crippen molar-refractivity contribution in [2.24, 2.45) is 0 Å². The van der Waals surface area contributed by atoms with Gasteiger partial charge in [-0.15, -0.1) is 0 Å². The van der Waals surface area contributed by atoms with Crippen molar-refractivity contribution in [3.63, 3.8) is 0 Å². The van der Waals surface area contributed by atoms with E-state index in [4.69, 9.17) is 9.47 Å². The number of fused-ring (bicyclic) bond motifs is 2. The lowest BCUT2D eigenvalue weighted by Crippen LogP contribution is -2.19. The molecule has 0 saturated heterocycles. The molecule has 0 saturated carbocycles. The number of hydrogen-bond donors (Lipinski definition) is 3. The fourth-order valence-electron chi connectivity index (χ4n) is 3.09. The Morgan fingerprint density at radius 2 is 1.58 bits per heavy atom. The summed E-state index contributed by atoms with van der Waals surface area (Å²) >= 11 is 1.36. The number of carbonyl (C=O) groups excluding carboxylic acids is 2. The van der Waals surface area contributed by atoms with E-state index in [9.17, 15) is 9.59 Å². The number of anilines is 3. The summed E-state index contributed by atoms with van der Waals surface area (Å²) in [6, 6.07) is 19.1. The Morgan fingerprint density at radius 3 is 2.42 bits per heavy atom. The minimum absolute atomic E-state index is 0.173. The van der Waals surface area contributed by atoms with Crippen molar-refractivity contribution in [3.05, 3.63) is 72.3 Å². The molecule has 0 bridgehead atoms. The molecule has 3 N–H and O–H groups in total. The molecule has 8 nitrogen and oxygen atoms in total. The number of benzene rings is 3. The Kier molecular flexibility index (Phi) is 4.85. The molecule has 1 aliphatic heterocycles. The van der Waals surface area contributed by atoms with Crippen molar-refractivity contribution in [2.45, 2.75) is 0 Å². The highest BCUT2D eigenvalue weighted by Crippen LogP contribution is 2.34. The van der Waals surface area contributed by atoms with Gasteiger partial charge in [0, 0.05) is 23.0 Å². The lowest BCUT2D eigenvalue weighted by Gasteiger charge is -2.08. The van der Waals surface area contributed by atoms with Gasteiger partial charge >= 0.3 is 6.03 Å². The van der Waals surface area contributed by atoms with Gasteiger partial charge in [0.05, 0.1) is 10.2 Å². The number of thiazole rings is 1. The zero-order valence-corrected chi connectivity index (χ0v) is 16.9. The predicted molar refractivity (Wildman–Crippen MR) is 119 cm³/mol. The highest BCUT2D eigenvalue weighted by molar-refractivity contribution is 7.22. The topological polar surface area (TPSA) is 102 Å². The Hall–Kier alpha value is -4.11. The van der Waals surface area contributed by atoms with Crippen molar-refractivity contribution in [1.29, 1.82) is 0 Å². The number of rotatable bonds is 4. The summed E-state index contributed by atoms with van der Waals surface area (Å²) in [4.78, 5) is 29.1. The second-order valence-corrected chi connectivity index (χ2v) is 7.70. The van der Waals surface area contributed by atoms with Crippen LogP contribution in [0.3, 0.4) is 0 Å². The van der Waals surface area contributed by atoms with Gasteiger partial charge in [-0.25, -0.2) is 9.78 Å². The van der Waals surface area contributed by atoms with Gasteiger partial charge in [0.25, 0.3) is 5.91 Å². The zero-order valence-electron chi connectivity index (χ0n) is 16.0. The summed E-state index contributed by atoms with van der Waals surface area (Å²) in [5.74, 6) is 1.02. The highest BCUT2D eigenvalue weighted by Gasteiger charge is 2.15. The van der Waals surface area contributed by atoms with Gasteiger partial charge in [0.15, 0.2) is 16.6 Å². The predicted octanol–water partition coefficient (Wildman–Crippen LogP) is 4.92. The van der Waals surface area contributed by atoms with Gasteiger partial charge in [-0.05, 0) is 42.5 Å². The lowest BCUT2D eigenvalue weighted by atomic mass is 10.2. The van der Waals surface area contributed by atoms with Crippen molar-refractivity contribution < 1.29 is 19.1 Å². The van der Waals surface area contributed by atoms with Crippen molar-refractivity contribution in [3.8, 4) is 11.5 Å². The molecule has 4 aromatic rings. The number of urea groups is 1.